The Kier molecular flexibility index (Phi) is 3.45. The second-order valence-electron chi connectivity index (χ2n) is 2.91. The van der Waals surface area contributed by atoms with Crippen molar-refractivity contribution in [1.29, 1.82) is 0 Å². The monoisotopic (exact) mass is 163 g/mol. The average molecular weight is 163 g/mol. The van der Waals surface area contributed by atoms with Gasteiger partial charge >= 0.3 is 0 Å². The van der Waals surface area contributed by atoms with Gasteiger partial charge in [0, 0.05) is 18.8 Å². The third-order valence-corrected chi connectivity index (χ3v) is 1.74. The maximum absolute atomic E-state index is 10.6. The molecule has 1 aromatic rings. The molecule has 0 fully saturated rings. The summed E-state index contributed by atoms with van der Waals surface area (Å²) >= 11 is 0. The number of ketones is 1. The molecule has 2 nitrogen and oxygen atoms in total. The van der Waals surface area contributed by atoms with E-state index in [1.54, 1.807) is 19.3 Å². The van der Waals surface area contributed by atoms with Crippen LogP contribution in [0.5, 0.6) is 0 Å². The molecule has 1 heterocycles. The fraction of sp³-hybridized carbons (Fsp3) is 0.400. The van der Waals surface area contributed by atoms with Gasteiger partial charge in [0.05, 0.1) is 0 Å². The van der Waals surface area contributed by atoms with Crippen molar-refractivity contribution in [2.75, 3.05) is 0 Å². The van der Waals surface area contributed by atoms with Gasteiger partial charge in [-0.25, -0.2) is 0 Å². The van der Waals surface area contributed by atoms with Crippen LogP contribution in [-0.4, -0.2) is 10.8 Å². The van der Waals surface area contributed by atoms with Crippen LogP contribution < -0.4 is 0 Å². The fourth-order valence-corrected chi connectivity index (χ4v) is 1.09. The molecule has 0 aromatic carbocycles. The van der Waals surface area contributed by atoms with Gasteiger partial charge in [-0.05, 0) is 37.5 Å². The van der Waals surface area contributed by atoms with Crippen LogP contribution in [0, 0.1) is 0 Å². The second kappa shape index (κ2) is 4.65. The van der Waals surface area contributed by atoms with Gasteiger partial charge in [0.15, 0.2) is 0 Å². The Hall–Kier alpha value is -1.18. The fourth-order valence-electron chi connectivity index (χ4n) is 1.09. The van der Waals surface area contributed by atoms with Crippen LogP contribution in [-0.2, 0) is 11.2 Å². The van der Waals surface area contributed by atoms with E-state index in [1.807, 2.05) is 12.1 Å². The first-order chi connectivity index (χ1) is 5.79. The van der Waals surface area contributed by atoms with Crippen molar-refractivity contribution >= 4 is 5.78 Å². The number of nitrogens with zero attached hydrogens (tertiary/aromatic N) is 1. The van der Waals surface area contributed by atoms with E-state index in [9.17, 15) is 4.79 Å². The zero-order chi connectivity index (χ0) is 8.81. The Bertz CT molecular complexity index is 243. The molecular weight excluding hydrogens is 150 g/mol. The van der Waals surface area contributed by atoms with Crippen molar-refractivity contribution in [1.82, 2.24) is 4.98 Å². The van der Waals surface area contributed by atoms with E-state index in [1.165, 1.54) is 5.56 Å². The number of rotatable bonds is 4. The predicted octanol–water partition coefficient (Wildman–Crippen LogP) is 1.99. The molecule has 0 saturated heterocycles. The molecule has 2 heteroatoms. The quantitative estimate of drug-likeness (QED) is 0.679. The lowest BCUT2D eigenvalue weighted by molar-refractivity contribution is -0.117. The Labute approximate surface area is 72.6 Å². The van der Waals surface area contributed by atoms with E-state index in [0.29, 0.717) is 6.42 Å². The minimum atomic E-state index is 0.268. The minimum Gasteiger partial charge on any atom is -0.300 e. The third-order valence-electron chi connectivity index (χ3n) is 1.74. The predicted molar refractivity (Wildman–Crippen MR) is 47.9 cm³/mol. The first kappa shape index (κ1) is 8.91. The number of aromatic nitrogens is 1. The van der Waals surface area contributed by atoms with Crippen molar-refractivity contribution in [3.05, 3.63) is 30.1 Å². The van der Waals surface area contributed by atoms with Gasteiger partial charge in [0.2, 0.25) is 0 Å². The summed E-state index contributed by atoms with van der Waals surface area (Å²) in [6, 6.07) is 3.97. The van der Waals surface area contributed by atoms with Gasteiger partial charge in [-0.2, -0.15) is 0 Å². The molecule has 0 aliphatic carbocycles. The lowest BCUT2D eigenvalue weighted by atomic mass is 10.1. The lowest BCUT2D eigenvalue weighted by Crippen LogP contribution is -1.92. The van der Waals surface area contributed by atoms with E-state index in [4.69, 9.17) is 0 Å². The van der Waals surface area contributed by atoms with Crippen LogP contribution in [0.15, 0.2) is 24.5 Å². The highest BCUT2D eigenvalue weighted by Gasteiger charge is 1.94. The molecule has 0 unspecified atom stereocenters. The van der Waals surface area contributed by atoms with Gasteiger partial charge in [-0.1, -0.05) is 0 Å². The first-order valence-electron chi connectivity index (χ1n) is 4.17. The van der Waals surface area contributed by atoms with E-state index in [0.717, 1.165) is 12.8 Å². The van der Waals surface area contributed by atoms with Gasteiger partial charge in [-0.15, -0.1) is 0 Å². The Morgan fingerprint density at radius 1 is 1.42 bits per heavy atom. The summed E-state index contributed by atoms with van der Waals surface area (Å²) in [7, 11) is 0. The summed E-state index contributed by atoms with van der Waals surface area (Å²) in [5.74, 6) is 0.268. The van der Waals surface area contributed by atoms with Crippen molar-refractivity contribution < 1.29 is 4.79 Å². The maximum Gasteiger partial charge on any atom is 0.129 e. The normalized spacial score (nSPS) is 9.75. The molecule has 1 aromatic heterocycles. The topological polar surface area (TPSA) is 30.0 Å². The molecule has 12 heavy (non-hydrogen) atoms. The molecule has 0 spiro atoms. The summed E-state index contributed by atoms with van der Waals surface area (Å²) in [5, 5.41) is 0. The molecule has 0 amide bonds. The number of pyridine rings is 1. The number of hydrogen-bond acceptors (Lipinski definition) is 2. The number of Topliss-reactive ketones (excluding diaryl/α,β-unsaturated/α-hetero) is 1. The highest BCUT2D eigenvalue weighted by Crippen LogP contribution is 2.03. The highest BCUT2D eigenvalue weighted by molar-refractivity contribution is 5.75. The highest BCUT2D eigenvalue weighted by atomic mass is 16.1. The summed E-state index contributed by atoms with van der Waals surface area (Å²) in [4.78, 5) is 14.5. The number of carbonyl (C=O) groups is 1. The minimum absolute atomic E-state index is 0.268. The van der Waals surface area contributed by atoms with Crippen LogP contribution in [0.25, 0.3) is 0 Å². The van der Waals surface area contributed by atoms with Crippen LogP contribution in [0.3, 0.4) is 0 Å². The first-order valence-corrected chi connectivity index (χ1v) is 4.17. The zero-order valence-electron chi connectivity index (χ0n) is 7.29. The maximum atomic E-state index is 10.6. The van der Waals surface area contributed by atoms with Crippen LogP contribution >= 0.6 is 0 Å². The largest absolute Gasteiger partial charge is 0.300 e. The van der Waals surface area contributed by atoms with Crippen LogP contribution in [0.2, 0.25) is 0 Å². The Balaban J connectivity index is 2.29. The smallest absolute Gasteiger partial charge is 0.129 e. The number of carbonyl (C=O) groups excluding carboxylic acids is 1. The third kappa shape index (κ3) is 3.28. The standard InChI is InChI=1S/C10H13NO/c1-9(12)3-2-4-10-5-7-11-8-6-10/h5-8H,2-4H2,1H3. The van der Waals surface area contributed by atoms with Gasteiger partial charge in [-0.3, -0.25) is 4.98 Å². The lowest BCUT2D eigenvalue weighted by Gasteiger charge is -1.97. The van der Waals surface area contributed by atoms with Crippen molar-refractivity contribution in [3.63, 3.8) is 0 Å². The number of hydrogen-bond donors (Lipinski definition) is 0. The summed E-state index contributed by atoms with van der Waals surface area (Å²) in [5.41, 5.74) is 1.26. The molecular formula is C10H13NO. The molecule has 1 rings (SSSR count). The summed E-state index contributed by atoms with van der Waals surface area (Å²) < 4.78 is 0. The average Bonchev–Trinajstić information content (AvgIpc) is 2.05. The summed E-state index contributed by atoms with van der Waals surface area (Å²) in [6.45, 7) is 1.63. The molecule has 0 aliphatic heterocycles. The zero-order valence-corrected chi connectivity index (χ0v) is 7.29. The van der Waals surface area contributed by atoms with Crippen molar-refractivity contribution in [3.8, 4) is 0 Å². The van der Waals surface area contributed by atoms with Crippen LogP contribution in [0.4, 0.5) is 0 Å². The molecule has 0 atom stereocenters. The van der Waals surface area contributed by atoms with Gasteiger partial charge in [0.25, 0.3) is 0 Å². The molecule has 0 aliphatic rings. The molecule has 0 bridgehead atoms. The van der Waals surface area contributed by atoms with Crippen LogP contribution in [0.1, 0.15) is 25.3 Å². The number of aryl methyl sites for hydroxylation is 1. The molecule has 0 radical (unpaired) electrons. The van der Waals surface area contributed by atoms with Crippen molar-refractivity contribution in [2.24, 2.45) is 0 Å². The molecule has 0 N–H and O–H groups in total. The molecule has 64 valence electrons. The van der Waals surface area contributed by atoms with E-state index >= 15 is 0 Å². The SMILES string of the molecule is CC(=O)CCCc1ccncc1. The Morgan fingerprint density at radius 2 is 2.08 bits per heavy atom. The second-order valence-corrected chi connectivity index (χ2v) is 2.91. The summed E-state index contributed by atoms with van der Waals surface area (Å²) in [6.07, 6.45) is 6.16. The molecule has 0 saturated carbocycles. The Morgan fingerprint density at radius 3 is 2.67 bits per heavy atom. The van der Waals surface area contributed by atoms with E-state index < -0.39 is 0 Å². The van der Waals surface area contributed by atoms with E-state index in [2.05, 4.69) is 4.98 Å². The van der Waals surface area contributed by atoms with Gasteiger partial charge in [0.1, 0.15) is 5.78 Å². The van der Waals surface area contributed by atoms with E-state index in [-0.39, 0.29) is 5.78 Å². The van der Waals surface area contributed by atoms with Gasteiger partial charge < -0.3 is 4.79 Å². The van der Waals surface area contributed by atoms with Crippen molar-refractivity contribution in [2.45, 2.75) is 26.2 Å².